The Bertz CT molecular complexity index is 1500. The lowest BCUT2D eigenvalue weighted by atomic mass is 9.98. The minimum Gasteiger partial charge on any atom is -0.497 e. The van der Waals surface area contributed by atoms with Gasteiger partial charge in [0.05, 0.1) is 22.9 Å². The third-order valence-electron chi connectivity index (χ3n) is 7.09. The van der Waals surface area contributed by atoms with Crippen molar-refractivity contribution >= 4 is 47.8 Å². The van der Waals surface area contributed by atoms with Crippen molar-refractivity contribution in [3.05, 3.63) is 65.1 Å². The van der Waals surface area contributed by atoms with Crippen LogP contribution in [0.5, 0.6) is 11.5 Å². The van der Waals surface area contributed by atoms with Crippen LogP contribution in [0.2, 0.25) is 0 Å². The number of piperidine rings is 1. The van der Waals surface area contributed by atoms with Crippen LogP contribution >= 0.6 is 15.9 Å². The van der Waals surface area contributed by atoms with Gasteiger partial charge in [-0.3, -0.25) is 0 Å². The SMILES string of the molecule is COc1ccc(S(=O)(=O)N2CCC(CNCC(O)COc3ccc(Br)c4[nH]c5ccccc5c34)CC2)cc1. The number of aliphatic hydroxyl groups is 1. The Morgan fingerprint density at radius 3 is 2.58 bits per heavy atom. The summed E-state index contributed by atoms with van der Waals surface area (Å²) in [5.41, 5.74) is 2.00. The largest absolute Gasteiger partial charge is 0.497 e. The van der Waals surface area contributed by atoms with Crippen LogP contribution in [0.3, 0.4) is 0 Å². The van der Waals surface area contributed by atoms with Gasteiger partial charge in [-0.05, 0) is 83.7 Å². The molecule has 3 N–H and O–H groups in total. The quantitative estimate of drug-likeness (QED) is 0.247. The van der Waals surface area contributed by atoms with E-state index < -0.39 is 16.1 Å². The topological polar surface area (TPSA) is 104 Å². The first kappa shape index (κ1) is 27.0. The Labute approximate surface area is 231 Å². The van der Waals surface area contributed by atoms with Crippen molar-refractivity contribution in [3.8, 4) is 11.5 Å². The molecule has 4 aromatic rings. The standard InChI is InChI=1S/C28H32BrN3O5S/c1-36-21-6-8-22(9-7-21)38(34,35)32-14-12-19(13-15-32)16-30-17-20(33)18-37-26-11-10-24(29)28-27(26)23-4-2-3-5-25(23)31-28/h2-11,19-20,30-31,33H,12-18H2,1H3. The van der Waals surface area contributed by atoms with Gasteiger partial charge in [0.1, 0.15) is 24.2 Å². The molecule has 1 fully saturated rings. The highest BCUT2D eigenvalue weighted by molar-refractivity contribution is 9.10. The van der Waals surface area contributed by atoms with Crippen molar-refractivity contribution in [2.24, 2.45) is 5.92 Å². The lowest BCUT2D eigenvalue weighted by molar-refractivity contribution is 0.105. The highest BCUT2D eigenvalue weighted by Crippen LogP contribution is 2.37. The van der Waals surface area contributed by atoms with E-state index >= 15 is 0 Å². The maximum atomic E-state index is 13.0. The van der Waals surface area contributed by atoms with E-state index in [1.54, 1.807) is 35.7 Å². The van der Waals surface area contributed by atoms with Crippen molar-refractivity contribution < 1.29 is 23.0 Å². The van der Waals surface area contributed by atoms with Crippen LogP contribution in [-0.4, -0.2) is 68.8 Å². The molecule has 0 aliphatic carbocycles. The average Bonchev–Trinajstić information content (AvgIpc) is 3.34. The van der Waals surface area contributed by atoms with Crippen LogP contribution < -0.4 is 14.8 Å². The van der Waals surface area contributed by atoms with Crippen LogP contribution in [0.1, 0.15) is 12.8 Å². The van der Waals surface area contributed by atoms with Gasteiger partial charge in [0.15, 0.2) is 0 Å². The van der Waals surface area contributed by atoms with Crippen LogP contribution in [0.25, 0.3) is 21.8 Å². The summed E-state index contributed by atoms with van der Waals surface area (Å²) in [6, 6.07) is 18.4. The predicted octanol–water partition coefficient (Wildman–Crippen LogP) is 4.52. The van der Waals surface area contributed by atoms with Gasteiger partial charge in [-0.2, -0.15) is 4.31 Å². The van der Waals surface area contributed by atoms with Crippen molar-refractivity contribution in [2.75, 3.05) is 39.9 Å². The average molecular weight is 603 g/mol. The fraction of sp³-hybridized carbons (Fsp3) is 0.357. The first-order chi connectivity index (χ1) is 18.4. The Morgan fingerprint density at radius 2 is 1.84 bits per heavy atom. The molecule has 10 heteroatoms. The van der Waals surface area contributed by atoms with Gasteiger partial charge in [-0.25, -0.2) is 8.42 Å². The third-order valence-corrected chi connectivity index (χ3v) is 9.66. The molecule has 0 radical (unpaired) electrons. The second kappa shape index (κ2) is 11.6. The van der Waals surface area contributed by atoms with Gasteiger partial charge in [0, 0.05) is 35.0 Å². The summed E-state index contributed by atoms with van der Waals surface area (Å²) < 4.78 is 39.6. The number of para-hydroxylation sites is 1. The zero-order valence-electron chi connectivity index (χ0n) is 21.2. The summed E-state index contributed by atoms with van der Waals surface area (Å²) in [6.45, 7) is 2.26. The summed E-state index contributed by atoms with van der Waals surface area (Å²) in [6.07, 6.45) is 0.869. The molecule has 3 aromatic carbocycles. The van der Waals surface area contributed by atoms with Gasteiger partial charge >= 0.3 is 0 Å². The molecular weight excluding hydrogens is 570 g/mol. The molecule has 1 unspecified atom stereocenters. The lowest BCUT2D eigenvalue weighted by Crippen LogP contribution is -2.42. The fourth-order valence-corrected chi connectivity index (χ4v) is 6.86. The van der Waals surface area contributed by atoms with E-state index in [1.165, 1.54) is 0 Å². The highest BCUT2D eigenvalue weighted by atomic mass is 79.9. The number of aliphatic hydroxyl groups excluding tert-OH is 1. The van der Waals surface area contributed by atoms with E-state index in [2.05, 4.69) is 32.3 Å². The number of aromatic amines is 1. The number of rotatable bonds is 10. The van der Waals surface area contributed by atoms with Crippen LogP contribution in [0.4, 0.5) is 0 Å². The first-order valence-corrected chi connectivity index (χ1v) is 14.9. The molecule has 2 heterocycles. The Morgan fingerprint density at radius 1 is 1.11 bits per heavy atom. The molecular formula is C28H32BrN3O5S. The number of ether oxygens (including phenoxy) is 2. The van der Waals surface area contributed by atoms with E-state index in [9.17, 15) is 13.5 Å². The van der Waals surface area contributed by atoms with Crippen LogP contribution in [0, 0.1) is 5.92 Å². The molecule has 0 saturated carbocycles. The number of H-pyrrole nitrogens is 1. The van der Waals surface area contributed by atoms with E-state index in [-0.39, 0.29) is 11.5 Å². The summed E-state index contributed by atoms with van der Waals surface area (Å²) in [5.74, 6) is 1.71. The zero-order chi connectivity index (χ0) is 26.7. The van der Waals surface area contributed by atoms with Crippen molar-refractivity contribution in [1.82, 2.24) is 14.6 Å². The number of hydrogen-bond acceptors (Lipinski definition) is 6. The number of nitrogens with one attached hydrogen (secondary N) is 2. The summed E-state index contributed by atoms with van der Waals surface area (Å²) in [5, 5.41) is 15.9. The summed E-state index contributed by atoms with van der Waals surface area (Å²) >= 11 is 3.61. The smallest absolute Gasteiger partial charge is 0.243 e. The molecule has 202 valence electrons. The molecule has 1 aliphatic heterocycles. The zero-order valence-corrected chi connectivity index (χ0v) is 23.6. The van der Waals surface area contributed by atoms with Crippen molar-refractivity contribution in [1.29, 1.82) is 0 Å². The van der Waals surface area contributed by atoms with E-state index in [1.807, 2.05) is 30.3 Å². The monoisotopic (exact) mass is 601 g/mol. The number of methoxy groups -OCH3 is 1. The minimum absolute atomic E-state index is 0.168. The Balaban J connectivity index is 1.09. The van der Waals surface area contributed by atoms with Crippen LogP contribution in [-0.2, 0) is 10.0 Å². The molecule has 0 bridgehead atoms. The maximum absolute atomic E-state index is 13.0. The fourth-order valence-electron chi connectivity index (χ4n) is 4.96. The highest BCUT2D eigenvalue weighted by Gasteiger charge is 2.29. The normalized spacial score (nSPS) is 16.2. The van der Waals surface area contributed by atoms with Gasteiger partial charge < -0.3 is 24.9 Å². The molecule has 1 atom stereocenters. The van der Waals surface area contributed by atoms with E-state index in [4.69, 9.17) is 9.47 Å². The maximum Gasteiger partial charge on any atom is 0.243 e. The molecule has 1 saturated heterocycles. The minimum atomic E-state index is -3.51. The molecule has 0 spiro atoms. The number of hydrogen-bond donors (Lipinski definition) is 3. The predicted molar refractivity (Wildman–Crippen MR) is 152 cm³/mol. The first-order valence-electron chi connectivity index (χ1n) is 12.7. The molecule has 8 nitrogen and oxygen atoms in total. The van der Waals surface area contributed by atoms with E-state index in [0.29, 0.717) is 31.3 Å². The van der Waals surface area contributed by atoms with Gasteiger partial charge in [0.2, 0.25) is 10.0 Å². The Hall–Kier alpha value is -2.63. The number of halogens is 1. The second-order valence-electron chi connectivity index (χ2n) is 9.61. The van der Waals surface area contributed by atoms with E-state index in [0.717, 1.165) is 51.4 Å². The number of aromatic nitrogens is 1. The Kier molecular flexibility index (Phi) is 8.25. The summed E-state index contributed by atoms with van der Waals surface area (Å²) in [4.78, 5) is 3.71. The number of nitrogens with zero attached hydrogens (tertiary/aromatic N) is 1. The van der Waals surface area contributed by atoms with Gasteiger partial charge in [-0.15, -0.1) is 0 Å². The van der Waals surface area contributed by atoms with Gasteiger partial charge in [-0.1, -0.05) is 18.2 Å². The van der Waals surface area contributed by atoms with Gasteiger partial charge in [0.25, 0.3) is 0 Å². The number of benzene rings is 3. The number of fused-ring (bicyclic) bond motifs is 3. The molecule has 1 aromatic heterocycles. The van der Waals surface area contributed by atoms with Crippen molar-refractivity contribution in [2.45, 2.75) is 23.8 Å². The van der Waals surface area contributed by atoms with Crippen molar-refractivity contribution in [3.63, 3.8) is 0 Å². The molecule has 5 rings (SSSR count). The lowest BCUT2D eigenvalue weighted by Gasteiger charge is -2.31. The second-order valence-corrected chi connectivity index (χ2v) is 12.4. The molecule has 1 aliphatic rings. The molecule has 38 heavy (non-hydrogen) atoms. The third kappa shape index (κ3) is 5.69. The summed E-state index contributed by atoms with van der Waals surface area (Å²) in [7, 11) is -1.96. The molecule has 0 amide bonds. The number of sulfonamides is 1. The van der Waals surface area contributed by atoms with Crippen LogP contribution in [0.15, 0.2) is 70.0 Å².